The molecule has 0 radical (unpaired) electrons. The SMILES string of the molecule is CCOC1CC(N)C1Nc1ncc(F)cn1. The van der Waals surface area contributed by atoms with E-state index in [0.29, 0.717) is 12.6 Å². The maximum atomic E-state index is 12.6. The topological polar surface area (TPSA) is 73.1 Å². The van der Waals surface area contributed by atoms with Gasteiger partial charge in [-0.05, 0) is 13.3 Å². The number of nitrogens with one attached hydrogen (secondary N) is 1. The van der Waals surface area contributed by atoms with Crippen LogP contribution in [0.4, 0.5) is 10.3 Å². The standard InChI is InChI=1S/C10H15FN4O/c1-2-16-8-3-7(12)9(8)15-10-13-4-6(11)5-14-10/h4-5,7-9H,2-3,12H2,1H3,(H,13,14,15). The summed E-state index contributed by atoms with van der Waals surface area (Å²) in [6.07, 6.45) is 3.16. The van der Waals surface area contributed by atoms with Crippen LogP contribution in [0.15, 0.2) is 12.4 Å². The Labute approximate surface area is 93.2 Å². The molecule has 1 aromatic rings. The number of hydrogen-bond acceptors (Lipinski definition) is 5. The van der Waals surface area contributed by atoms with E-state index in [9.17, 15) is 4.39 Å². The number of nitrogens with zero attached hydrogens (tertiary/aromatic N) is 2. The first-order chi connectivity index (χ1) is 7.70. The van der Waals surface area contributed by atoms with Gasteiger partial charge in [-0.2, -0.15) is 0 Å². The number of nitrogens with two attached hydrogens (primary N) is 1. The second kappa shape index (κ2) is 4.71. The smallest absolute Gasteiger partial charge is 0.223 e. The number of anilines is 1. The third-order valence-electron chi connectivity index (χ3n) is 2.66. The molecule has 1 aromatic heterocycles. The van der Waals surface area contributed by atoms with Crippen molar-refractivity contribution in [3.8, 4) is 0 Å². The van der Waals surface area contributed by atoms with Gasteiger partial charge in [0, 0.05) is 12.6 Å². The molecule has 2 rings (SSSR count). The van der Waals surface area contributed by atoms with Crippen molar-refractivity contribution in [2.75, 3.05) is 11.9 Å². The van der Waals surface area contributed by atoms with E-state index in [1.54, 1.807) is 0 Å². The molecule has 0 aromatic carbocycles. The Kier molecular flexibility index (Phi) is 3.31. The summed E-state index contributed by atoms with van der Waals surface area (Å²) < 4.78 is 18.1. The molecule has 5 nitrogen and oxygen atoms in total. The van der Waals surface area contributed by atoms with Crippen LogP contribution in [0.5, 0.6) is 0 Å². The highest BCUT2D eigenvalue weighted by Gasteiger charge is 2.39. The summed E-state index contributed by atoms with van der Waals surface area (Å²) in [6.45, 7) is 2.59. The number of aromatic nitrogens is 2. The predicted octanol–water partition coefficient (Wildman–Crippen LogP) is 0.532. The van der Waals surface area contributed by atoms with Crippen LogP contribution in [0, 0.1) is 5.82 Å². The number of hydrogen-bond donors (Lipinski definition) is 2. The van der Waals surface area contributed by atoms with Crippen LogP contribution >= 0.6 is 0 Å². The van der Waals surface area contributed by atoms with Gasteiger partial charge in [0.1, 0.15) is 0 Å². The highest BCUT2D eigenvalue weighted by molar-refractivity contribution is 5.28. The Balaban J connectivity index is 1.95. The molecule has 1 heterocycles. The summed E-state index contributed by atoms with van der Waals surface area (Å²) in [7, 11) is 0. The zero-order valence-electron chi connectivity index (χ0n) is 9.06. The Morgan fingerprint density at radius 3 is 2.81 bits per heavy atom. The highest BCUT2D eigenvalue weighted by Crippen LogP contribution is 2.24. The minimum atomic E-state index is -0.454. The summed E-state index contributed by atoms with van der Waals surface area (Å²) in [5.74, 6) is -0.0731. The van der Waals surface area contributed by atoms with Crippen LogP contribution in [0.1, 0.15) is 13.3 Å². The monoisotopic (exact) mass is 226 g/mol. The maximum absolute atomic E-state index is 12.6. The van der Waals surface area contributed by atoms with Crippen molar-refractivity contribution in [1.29, 1.82) is 0 Å². The molecule has 1 fully saturated rings. The molecular formula is C10H15FN4O. The van der Waals surface area contributed by atoms with Gasteiger partial charge in [0.05, 0.1) is 24.5 Å². The van der Waals surface area contributed by atoms with Gasteiger partial charge >= 0.3 is 0 Å². The molecule has 0 spiro atoms. The zero-order chi connectivity index (χ0) is 11.5. The molecule has 6 heteroatoms. The molecule has 3 unspecified atom stereocenters. The van der Waals surface area contributed by atoms with E-state index in [1.807, 2.05) is 6.92 Å². The molecule has 0 amide bonds. The fourth-order valence-electron chi connectivity index (χ4n) is 1.76. The Morgan fingerprint density at radius 1 is 1.56 bits per heavy atom. The molecule has 0 aliphatic heterocycles. The van der Waals surface area contributed by atoms with E-state index < -0.39 is 5.82 Å². The van der Waals surface area contributed by atoms with E-state index in [1.165, 1.54) is 0 Å². The lowest BCUT2D eigenvalue weighted by atomic mass is 9.83. The van der Waals surface area contributed by atoms with E-state index in [0.717, 1.165) is 18.8 Å². The summed E-state index contributed by atoms with van der Waals surface area (Å²) in [5, 5.41) is 3.05. The van der Waals surface area contributed by atoms with Crippen LogP contribution in [0.2, 0.25) is 0 Å². The highest BCUT2D eigenvalue weighted by atomic mass is 19.1. The number of halogens is 1. The third kappa shape index (κ3) is 2.28. The van der Waals surface area contributed by atoms with Crippen LogP contribution in [-0.4, -0.2) is 34.8 Å². The van der Waals surface area contributed by atoms with Gasteiger partial charge in [0.25, 0.3) is 0 Å². The second-order valence-electron chi connectivity index (χ2n) is 3.79. The first-order valence-electron chi connectivity index (χ1n) is 5.32. The lowest BCUT2D eigenvalue weighted by molar-refractivity contribution is -0.0128. The average Bonchev–Trinajstić information content (AvgIpc) is 2.28. The molecule has 0 bridgehead atoms. The first kappa shape index (κ1) is 11.2. The number of rotatable bonds is 4. The molecular weight excluding hydrogens is 211 g/mol. The fourth-order valence-corrected chi connectivity index (χ4v) is 1.76. The lowest BCUT2D eigenvalue weighted by Crippen LogP contribution is -2.60. The Bertz CT molecular complexity index is 343. The summed E-state index contributed by atoms with van der Waals surface area (Å²) >= 11 is 0. The molecule has 88 valence electrons. The van der Waals surface area contributed by atoms with Crippen LogP contribution < -0.4 is 11.1 Å². The summed E-state index contributed by atoms with van der Waals surface area (Å²) in [4.78, 5) is 7.64. The molecule has 1 aliphatic rings. The molecule has 3 N–H and O–H groups in total. The van der Waals surface area contributed by atoms with Gasteiger partial charge in [-0.15, -0.1) is 0 Å². The average molecular weight is 226 g/mol. The van der Waals surface area contributed by atoms with Gasteiger partial charge < -0.3 is 15.8 Å². The van der Waals surface area contributed by atoms with Crippen molar-refractivity contribution in [3.63, 3.8) is 0 Å². The normalized spacial score (nSPS) is 28.6. The largest absolute Gasteiger partial charge is 0.376 e. The second-order valence-corrected chi connectivity index (χ2v) is 3.79. The van der Waals surface area contributed by atoms with Crippen molar-refractivity contribution in [2.45, 2.75) is 31.5 Å². The Morgan fingerprint density at radius 2 is 2.25 bits per heavy atom. The van der Waals surface area contributed by atoms with Gasteiger partial charge in [-0.25, -0.2) is 14.4 Å². The summed E-state index contributed by atoms with van der Waals surface area (Å²) in [6, 6.07) is 0.0376. The van der Waals surface area contributed by atoms with E-state index in [-0.39, 0.29) is 18.2 Å². The van der Waals surface area contributed by atoms with E-state index in [4.69, 9.17) is 10.5 Å². The van der Waals surface area contributed by atoms with E-state index >= 15 is 0 Å². The van der Waals surface area contributed by atoms with Crippen LogP contribution in [-0.2, 0) is 4.74 Å². The minimum absolute atomic E-state index is 0.00501. The van der Waals surface area contributed by atoms with Crippen molar-refractivity contribution in [1.82, 2.24) is 9.97 Å². The quantitative estimate of drug-likeness (QED) is 0.783. The van der Waals surface area contributed by atoms with Crippen molar-refractivity contribution < 1.29 is 9.13 Å². The van der Waals surface area contributed by atoms with Gasteiger partial charge in [-0.3, -0.25) is 0 Å². The molecule has 1 saturated carbocycles. The number of ether oxygens (including phenoxy) is 1. The van der Waals surface area contributed by atoms with Gasteiger partial charge in [0.2, 0.25) is 5.95 Å². The van der Waals surface area contributed by atoms with Crippen molar-refractivity contribution in [2.24, 2.45) is 5.73 Å². The molecule has 16 heavy (non-hydrogen) atoms. The van der Waals surface area contributed by atoms with Crippen molar-refractivity contribution >= 4 is 5.95 Å². The van der Waals surface area contributed by atoms with E-state index in [2.05, 4.69) is 15.3 Å². The maximum Gasteiger partial charge on any atom is 0.223 e. The lowest BCUT2D eigenvalue weighted by Gasteiger charge is -2.42. The third-order valence-corrected chi connectivity index (χ3v) is 2.66. The molecule has 1 aliphatic carbocycles. The van der Waals surface area contributed by atoms with Gasteiger partial charge in [0.15, 0.2) is 5.82 Å². The van der Waals surface area contributed by atoms with Crippen molar-refractivity contribution in [3.05, 3.63) is 18.2 Å². The zero-order valence-corrected chi connectivity index (χ0v) is 9.06. The minimum Gasteiger partial charge on any atom is -0.376 e. The Hall–Kier alpha value is -1.27. The first-order valence-corrected chi connectivity index (χ1v) is 5.32. The van der Waals surface area contributed by atoms with Crippen LogP contribution in [0.25, 0.3) is 0 Å². The summed E-state index contributed by atoms with van der Waals surface area (Å²) in [5.41, 5.74) is 5.85. The molecule has 0 saturated heterocycles. The predicted molar refractivity (Wildman–Crippen MR) is 57.4 cm³/mol. The van der Waals surface area contributed by atoms with Crippen LogP contribution in [0.3, 0.4) is 0 Å². The molecule has 3 atom stereocenters. The van der Waals surface area contributed by atoms with Gasteiger partial charge in [-0.1, -0.05) is 0 Å². The fraction of sp³-hybridized carbons (Fsp3) is 0.600.